The largest absolute Gasteiger partial charge is 0.379 e. The number of hydrogen-bond acceptors (Lipinski definition) is 3. The van der Waals surface area contributed by atoms with Crippen LogP contribution in [-0.2, 0) is 14.3 Å². The van der Waals surface area contributed by atoms with Gasteiger partial charge < -0.3 is 20.3 Å². The Hall–Kier alpha value is -2.77. The van der Waals surface area contributed by atoms with Gasteiger partial charge in [0.1, 0.15) is 12.4 Å². The second kappa shape index (κ2) is 10.5. The first-order valence-corrected chi connectivity index (χ1v) is 9.13. The van der Waals surface area contributed by atoms with Gasteiger partial charge in [0.15, 0.2) is 13.1 Å². The zero-order valence-corrected chi connectivity index (χ0v) is 16.5. The first kappa shape index (κ1) is 21.5. The van der Waals surface area contributed by atoms with Gasteiger partial charge in [0.05, 0.1) is 6.61 Å². The highest BCUT2D eigenvalue weighted by molar-refractivity contribution is 5.93. The Balaban J connectivity index is 1.97. The van der Waals surface area contributed by atoms with Crippen molar-refractivity contribution in [3.8, 4) is 0 Å². The van der Waals surface area contributed by atoms with Crippen LogP contribution in [0.15, 0.2) is 42.5 Å². The maximum absolute atomic E-state index is 13.3. The first-order valence-electron chi connectivity index (χ1n) is 9.13. The van der Waals surface area contributed by atoms with Gasteiger partial charge in [0.2, 0.25) is 0 Å². The fourth-order valence-corrected chi connectivity index (χ4v) is 2.79. The number of carbonyl (C=O) groups is 2. The Bertz CT molecular complexity index is 826. The topological polar surface area (TPSA) is 71.9 Å². The maximum atomic E-state index is 13.3. The number of anilines is 2. The third kappa shape index (κ3) is 6.75. The molecule has 0 fully saturated rings. The second-order valence-electron chi connectivity index (χ2n) is 6.70. The average molecular weight is 388 g/mol. The number of hydrogen-bond donors (Lipinski definition) is 3. The van der Waals surface area contributed by atoms with Crippen LogP contribution in [0, 0.1) is 19.7 Å². The van der Waals surface area contributed by atoms with E-state index in [-0.39, 0.29) is 24.9 Å². The zero-order valence-electron chi connectivity index (χ0n) is 16.5. The lowest BCUT2D eigenvalue weighted by molar-refractivity contribution is -0.883. The maximum Gasteiger partial charge on any atom is 0.279 e. The van der Waals surface area contributed by atoms with Gasteiger partial charge >= 0.3 is 0 Å². The molecule has 0 saturated heterocycles. The molecule has 0 heterocycles. The summed E-state index contributed by atoms with van der Waals surface area (Å²) in [6.07, 6.45) is 0. The van der Waals surface area contributed by atoms with E-state index in [1.54, 1.807) is 13.2 Å². The number of nitrogens with one attached hydrogen (secondary N) is 3. The molecule has 2 aromatic carbocycles. The summed E-state index contributed by atoms with van der Waals surface area (Å²) in [6.45, 7) is 5.03. The molecule has 0 aliphatic carbocycles. The minimum absolute atomic E-state index is 0.0695. The molecule has 7 heteroatoms. The van der Waals surface area contributed by atoms with Gasteiger partial charge in [-0.25, -0.2) is 4.39 Å². The summed E-state index contributed by atoms with van der Waals surface area (Å²) >= 11 is 0. The van der Waals surface area contributed by atoms with Crippen molar-refractivity contribution in [1.82, 2.24) is 0 Å². The zero-order chi connectivity index (χ0) is 20.5. The van der Waals surface area contributed by atoms with E-state index in [4.69, 9.17) is 4.74 Å². The molecule has 28 heavy (non-hydrogen) atoms. The Morgan fingerprint density at radius 1 is 1.04 bits per heavy atom. The Morgan fingerprint density at radius 3 is 2.39 bits per heavy atom. The molecular formula is C21H27FN3O3+. The van der Waals surface area contributed by atoms with E-state index in [0.717, 1.165) is 21.7 Å². The van der Waals surface area contributed by atoms with Crippen LogP contribution in [-0.4, -0.2) is 45.2 Å². The van der Waals surface area contributed by atoms with Crippen molar-refractivity contribution >= 4 is 23.2 Å². The number of halogens is 1. The van der Waals surface area contributed by atoms with Crippen LogP contribution in [0.2, 0.25) is 0 Å². The molecule has 0 aliphatic heterocycles. The molecule has 2 amide bonds. The second-order valence-corrected chi connectivity index (χ2v) is 6.70. The van der Waals surface area contributed by atoms with Crippen molar-refractivity contribution in [2.45, 2.75) is 13.8 Å². The van der Waals surface area contributed by atoms with Crippen molar-refractivity contribution in [1.29, 1.82) is 0 Å². The van der Waals surface area contributed by atoms with Crippen molar-refractivity contribution in [2.24, 2.45) is 0 Å². The van der Waals surface area contributed by atoms with Crippen LogP contribution in [0.3, 0.4) is 0 Å². The van der Waals surface area contributed by atoms with Crippen molar-refractivity contribution in [3.05, 3.63) is 59.4 Å². The lowest BCUT2D eigenvalue weighted by Crippen LogP contribution is -3.14. The van der Waals surface area contributed by atoms with Gasteiger partial charge in [-0.15, -0.1) is 0 Å². The van der Waals surface area contributed by atoms with Gasteiger partial charge in [0.25, 0.3) is 11.8 Å². The Kier molecular flexibility index (Phi) is 8.10. The van der Waals surface area contributed by atoms with Crippen LogP contribution >= 0.6 is 0 Å². The third-order valence-corrected chi connectivity index (χ3v) is 4.47. The summed E-state index contributed by atoms with van der Waals surface area (Å²) in [5.41, 5.74) is 3.25. The minimum Gasteiger partial charge on any atom is -0.379 e. The number of carbonyl (C=O) groups excluding carboxylic acids is 2. The quantitative estimate of drug-likeness (QED) is 0.610. The van der Waals surface area contributed by atoms with Crippen LogP contribution in [0.1, 0.15) is 11.1 Å². The van der Waals surface area contributed by atoms with Gasteiger partial charge in [-0.05, 0) is 49.2 Å². The summed E-state index contributed by atoms with van der Waals surface area (Å²) in [5, 5.41) is 5.56. The molecule has 2 rings (SSSR count). The fourth-order valence-electron chi connectivity index (χ4n) is 2.79. The molecule has 3 N–H and O–H groups in total. The summed E-state index contributed by atoms with van der Waals surface area (Å²) in [7, 11) is 1.57. The molecule has 0 saturated carbocycles. The van der Waals surface area contributed by atoms with Gasteiger partial charge in [0, 0.05) is 18.5 Å². The van der Waals surface area contributed by atoms with Crippen LogP contribution in [0.25, 0.3) is 0 Å². The first-order chi connectivity index (χ1) is 13.4. The van der Waals surface area contributed by atoms with E-state index >= 15 is 0 Å². The standard InChI is InChI=1S/C21H26FN3O3/c1-15-6-4-9-19(16(15)2)24-21(27)14-25(10-11-28-3)13-20(26)23-18-8-5-7-17(22)12-18/h4-9,12H,10-11,13-14H2,1-3H3,(H,23,26)(H,24,27)/p+1. The summed E-state index contributed by atoms with van der Waals surface area (Å²) in [6, 6.07) is 11.4. The molecule has 0 spiro atoms. The fraction of sp³-hybridized carbons (Fsp3) is 0.333. The van der Waals surface area contributed by atoms with Crippen LogP contribution in [0.5, 0.6) is 0 Å². The summed E-state index contributed by atoms with van der Waals surface area (Å²) in [4.78, 5) is 25.5. The van der Waals surface area contributed by atoms with Gasteiger partial charge in [-0.2, -0.15) is 0 Å². The van der Waals surface area contributed by atoms with Crippen molar-refractivity contribution < 1.29 is 23.6 Å². The van der Waals surface area contributed by atoms with Gasteiger partial charge in [-0.1, -0.05) is 18.2 Å². The molecule has 0 radical (unpaired) electrons. The summed E-state index contributed by atoms with van der Waals surface area (Å²) in [5.74, 6) is -0.899. The lowest BCUT2D eigenvalue weighted by Gasteiger charge is -2.19. The smallest absolute Gasteiger partial charge is 0.279 e. The average Bonchev–Trinajstić information content (AvgIpc) is 2.63. The molecule has 2 aromatic rings. The number of benzene rings is 2. The molecule has 0 aromatic heterocycles. The van der Waals surface area contributed by atoms with E-state index in [2.05, 4.69) is 10.6 Å². The number of amides is 2. The molecule has 0 aliphatic rings. The van der Waals surface area contributed by atoms with Crippen LogP contribution in [0.4, 0.5) is 15.8 Å². The number of quaternary nitrogens is 1. The summed E-state index contributed by atoms with van der Waals surface area (Å²) < 4.78 is 18.3. The number of ether oxygens (including phenoxy) is 1. The number of methoxy groups -OCH3 is 1. The highest BCUT2D eigenvalue weighted by atomic mass is 19.1. The van der Waals surface area contributed by atoms with Crippen molar-refractivity contribution in [2.75, 3.05) is 44.0 Å². The van der Waals surface area contributed by atoms with E-state index in [9.17, 15) is 14.0 Å². The highest BCUT2D eigenvalue weighted by Crippen LogP contribution is 2.17. The minimum atomic E-state index is -0.422. The van der Waals surface area contributed by atoms with E-state index in [1.165, 1.54) is 18.2 Å². The predicted octanol–water partition coefficient (Wildman–Crippen LogP) is 1.55. The van der Waals surface area contributed by atoms with E-state index in [0.29, 0.717) is 18.8 Å². The number of aryl methyl sites for hydroxylation is 1. The third-order valence-electron chi connectivity index (χ3n) is 4.47. The normalized spacial score (nSPS) is 11.7. The van der Waals surface area contributed by atoms with Gasteiger partial charge in [-0.3, -0.25) is 9.59 Å². The molecule has 6 nitrogen and oxygen atoms in total. The predicted molar refractivity (Wildman–Crippen MR) is 107 cm³/mol. The van der Waals surface area contributed by atoms with Crippen LogP contribution < -0.4 is 15.5 Å². The molecule has 0 bridgehead atoms. The monoisotopic (exact) mass is 388 g/mol. The van der Waals surface area contributed by atoms with E-state index < -0.39 is 5.82 Å². The van der Waals surface area contributed by atoms with E-state index in [1.807, 2.05) is 32.0 Å². The van der Waals surface area contributed by atoms with Crippen molar-refractivity contribution in [3.63, 3.8) is 0 Å². The molecule has 150 valence electrons. The SMILES string of the molecule is COCC[NH+](CC(=O)Nc1cccc(F)c1)CC(=O)Nc1cccc(C)c1C. The lowest BCUT2D eigenvalue weighted by atomic mass is 10.1. The molecule has 1 atom stereocenters. The molecular weight excluding hydrogens is 361 g/mol. The number of rotatable bonds is 9. The Morgan fingerprint density at radius 2 is 1.71 bits per heavy atom. The highest BCUT2D eigenvalue weighted by Gasteiger charge is 2.19. The molecule has 1 unspecified atom stereocenters. The Labute approximate surface area is 164 Å².